The van der Waals surface area contributed by atoms with E-state index in [9.17, 15) is 14.4 Å². The van der Waals surface area contributed by atoms with Crippen LogP contribution in [0, 0.1) is 0 Å². The summed E-state index contributed by atoms with van der Waals surface area (Å²) >= 11 is 6.92. The molecule has 1 aliphatic rings. The maximum atomic E-state index is 12.9. The Morgan fingerprint density at radius 3 is 2.50 bits per heavy atom. The molecule has 168 valence electrons. The number of carbonyl (C=O) groups is 3. The van der Waals surface area contributed by atoms with Crippen LogP contribution in [0.3, 0.4) is 0 Å². The Bertz CT molecular complexity index is 1090. The van der Waals surface area contributed by atoms with Crippen molar-refractivity contribution in [2.45, 2.75) is 20.0 Å². The van der Waals surface area contributed by atoms with Crippen molar-refractivity contribution in [2.75, 3.05) is 18.7 Å². The van der Waals surface area contributed by atoms with Crippen molar-refractivity contribution in [2.24, 2.45) is 0 Å². The number of methoxy groups -OCH3 is 1. The van der Waals surface area contributed by atoms with E-state index in [0.717, 1.165) is 0 Å². The highest BCUT2D eigenvalue weighted by molar-refractivity contribution is 9.13. The average molecular weight is 568 g/mol. The highest BCUT2D eigenvalue weighted by atomic mass is 79.9. The number of ether oxygens (including phenoxy) is 3. The highest BCUT2D eigenvalue weighted by Gasteiger charge is 2.35. The summed E-state index contributed by atoms with van der Waals surface area (Å²) in [4.78, 5) is 37.2. The van der Waals surface area contributed by atoms with Gasteiger partial charge in [-0.15, -0.1) is 0 Å². The van der Waals surface area contributed by atoms with E-state index in [1.54, 1.807) is 44.2 Å². The summed E-state index contributed by atoms with van der Waals surface area (Å²) in [5, 5.41) is 1.19. The molecule has 1 heterocycles. The molecule has 0 saturated carbocycles. The standard InChI is InChI=1S/C22H20Br2N2O6/c1-4-31-16-11-13(17(23)18(24)19(16)32-12(2)22(29)30-3)10-15-20(27)25-26(21(15)28)14-8-6-5-7-9-14/h5-12H,4H2,1-3H3,(H,25,27)/b15-10-/t12-/m0/s1. The number of anilines is 1. The molecule has 2 aromatic rings. The summed E-state index contributed by atoms with van der Waals surface area (Å²) in [6.45, 7) is 3.68. The van der Waals surface area contributed by atoms with Crippen molar-refractivity contribution < 1.29 is 28.6 Å². The van der Waals surface area contributed by atoms with Crippen molar-refractivity contribution in [3.8, 4) is 11.5 Å². The van der Waals surface area contributed by atoms with Crippen LogP contribution < -0.4 is 19.9 Å². The van der Waals surface area contributed by atoms with Gasteiger partial charge in [0.25, 0.3) is 11.8 Å². The minimum atomic E-state index is -0.881. The second-order valence-electron chi connectivity index (χ2n) is 6.61. The third-order valence-corrected chi connectivity index (χ3v) is 6.63. The molecule has 8 nitrogen and oxygen atoms in total. The first-order valence-corrected chi connectivity index (χ1v) is 11.2. The molecule has 2 amide bonds. The lowest BCUT2D eigenvalue weighted by molar-refractivity contribution is -0.148. The molecule has 1 saturated heterocycles. The number of carbonyl (C=O) groups excluding carboxylic acids is 3. The van der Waals surface area contributed by atoms with Crippen LogP contribution in [0.2, 0.25) is 0 Å². The molecule has 0 aromatic heterocycles. The summed E-state index contributed by atoms with van der Waals surface area (Å²) in [5.41, 5.74) is 3.57. The molecular weight excluding hydrogens is 548 g/mol. The molecule has 1 fully saturated rings. The Labute approximate surface area is 201 Å². The van der Waals surface area contributed by atoms with Gasteiger partial charge in [0.2, 0.25) is 0 Å². The first kappa shape index (κ1) is 23.8. The van der Waals surface area contributed by atoms with Gasteiger partial charge in [-0.1, -0.05) is 18.2 Å². The van der Waals surface area contributed by atoms with E-state index in [2.05, 4.69) is 37.3 Å². The quantitative estimate of drug-likeness (QED) is 0.309. The third-order valence-electron chi connectivity index (χ3n) is 4.49. The lowest BCUT2D eigenvalue weighted by Crippen LogP contribution is -2.35. The average Bonchev–Trinajstić information content (AvgIpc) is 3.08. The van der Waals surface area contributed by atoms with Crippen LogP contribution >= 0.6 is 31.9 Å². The maximum absolute atomic E-state index is 12.9. The van der Waals surface area contributed by atoms with Crippen LogP contribution in [-0.4, -0.2) is 37.6 Å². The number of nitrogens with one attached hydrogen (secondary N) is 1. The van der Waals surface area contributed by atoms with E-state index in [0.29, 0.717) is 32.6 Å². The number of hydrogen-bond acceptors (Lipinski definition) is 6. The van der Waals surface area contributed by atoms with Gasteiger partial charge in [-0.2, -0.15) is 0 Å². The lowest BCUT2D eigenvalue weighted by atomic mass is 10.1. The number of benzene rings is 2. The van der Waals surface area contributed by atoms with Gasteiger partial charge in [0.1, 0.15) is 5.57 Å². The Morgan fingerprint density at radius 1 is 1.19 bits per heavy atom. The number of amides is 2. The molecule has 32 heavy (non-hydrogen) atoms. The number of nitrogens with zero attached hydrogens (tertiary/aromatic N) is 1. The summed E-state index contributed by atoms with van der Waals surface area (Å²) < 4.78 is 17.1. The highest BCUT2D eigenvalue weighted by Crippen LogP contribution is 2.44. The Kier molecular flexibility index (Phi) is 7.57. The normalized spacial score (nSPS) is 15.5. The van der Waals surface area contributed by atoms with Crippen molar-refractivity contribution in [3.63, 3.8) is 0 Å². The summed E-state index contributed by atoms with van der Waals surface area (Å²) in [5.74, 6) is -0.944. The van der Waals surface area contributed by atoms with Gasteiger partial charge in [-0.25, -0.2) is 9.80 Å². The number of para-hydroxylation sites is 1. The van der Waals surface area contributed by atoms with Crippen LogP contribution in [0.25, 0.3) is 6.08 Å². The van der Waals surface area contributed by atoms with Crippen LogP contribution in [0.5, 0.6) is 11.5 Å². The minimum absolute atomic E-state index is 0.0412. The van der Waals surface area contributed by atoms with E-state index in [-0.39, 0.29) is 11.3 Å². The lowest BCUT2D eigenvalue weighted by Gasteiger charge is -2.19. The zero-order chi connectivity index (χ0) is 23.4. The number of hydrazine groups is 1. The Hall–Kier alpha value is -2.85. The molecule has 1 atom stereocenters. The summed E-state index contributed by atoms with van der Waals surface area (Å²) in [6.07, 6.45) is 0.583. The van der Waals surface area contributed by atoms with Gasteiger partial charge in [0.15, 0.2) is 17.6 Å². The number of halogens is 2. The molecule has 0 spiro atoms. The molecular formula is C22H20Br2N2O6. The number of hydrogen-bond donors (Lipinski definition) is 1. The molecule has 0 bridgehead atoms. The van der Waals surface area contributed by atoms with Gasteiger partial charge >= 0.3 is 5.97 Å². The summed E-state index contributed by atoms with van der Waals surface area (Å²) in [6, 6.07) is 10.4. The predicted molar refractivity (Wildman–Crippen MR) is 125 cm³/mol. The van der Waals surface area contributed by atoms with Gasteiger partial charge < -0.3 is 14.2 Å². The minimum Gasteiger partial charge on any atom is -0.490 e. The van der Waals surface area contributed by atoms with Crippen LogP contribution in [-0.2, 0) is 19.1 Å². The third kappa shape index (κ3) is 4.81. The largest absolute Gasteiger partial charge is 0.490 e. The predicted octanol–water partition coefficient (Wildman–Crippen LogP) is 4.01. The molecule has 0 radical (unpaired) electrons. The number of rotatable bonds is 7. The van der Waals surface area contributed by atoms with Crippen molar-refractivity contribution in [3.05, 3.63) is 56.5 Å². The molecule has 0 unspecified atom stereocenters. The fourth-order valence-electron chi connectivity index (χ4n) is 2.94. The number of esters is 1. The smallest absolute Gasteiger partial charge is 0.346 e. The van der Waals surface area contributed by atoms with Gasteiger partial charge in [-0.3, -0.25) is 15.0 Å². The van der Waals surface area contributed by atoms with Crippen LogP contribution in [0.4, 0.5) is 5.69 Å². The van der Waals surface area contributed by atoms with Crippen molar-refractivity contribution in [1.82, 2.24) is 5.43 Å². The van der Waals surface area contributed by atoms with Gasteiger partial charge in [0, 0.05) is 4.47 Å². The molecule has 10 heteroatoms. The topological polar surface area (TPSA) is 94.2 Å². The Morgan fingerprint density at radius 2 is 1.88 bits per heavy atom. The SMILES string of the molecule is CCOc1cc(/C=C2/C(=O)NN(c3ccccc3)C2=O)c(Br)c(Br)c1O[C@@H](C)C(=O)OC. The molecule has 0 aliphatic carbocycles. The van der Waals surface area contributed by atoms with E-state index in [4.69, 9.17) is 14.2 Å². The zero-order valence-corrected chi connectivity index (χ0v) is 20.7. The first-order chi connectivity index (χ1) is 15.3. The van der Waals surface area contributed by atoms with E-state index >= 15 is 0 Å². The van der Waals surface area contributed by atoms with E-state index in [1.165, 1.54) is 18.2 Å². The summed E-state index contributed by atoms with van der Waals surface area (Å²) in [7, 11) is 1.27. The molecule has 1 N–H and O–H groups in total. The van der Waals surface area contributed by atoms with Gasteiger partial charge in [0.05, 0.1) is 23.9 Å². The molecule has 3 rings (SSSR count). The second-order valence-corrected chi connectivity index (χ2v) is 8.20. The van der Waals surface area contributed by atoms with E-state index in [1.807, 2.05) is 6.07 Å². The van der Waals surface area contributed by atoms with Gasteiger partial charge in [-0.05, 0) is 75.5 Å². The van der Waals surface area contributed by atoms with Crippen LogP contribution in [0.1, 0.15) is 19.4 Å². The second kappa shape index (κ2) is 10.2. The molecule has 2 aromatic carbocycles. The van der Waals surface area contributed by atoms with Crippen LogP contribution in [0.15, 0.2) is 50.9 Å². The monoisotopic (exact) mass is 566 g/mol. The molecule has 1 aliphatic heterocycles. The fraction of sp³-hybridized carbons (Fsp3) is 0.227. The fourth-order valence-corrected chi connectivity index (χ4v) is 3.87. The van der Waals surface area contributed by atoms with E-state index < -0.39 is 23.9 Å². The zero-order valence-electron chi connectivity index (χ0n) is 17.5. The maximum Gasteiger partial charge on any atom is 0.346 e. The Balaban J connectivity index is 2.01. The van der Waals surface area contributed by atoms with Crippen molar-refractivity contribution in [1.29, 1.82) is 0 Å². The van der Waals surface area contributed by atoms with Crippen molar-refractivity contribution >= 4 is 61.4 Å². The first-order valence-electron chi connectivity index (χ1n) is 9.59.